The number of carbonyl (C=O) groups excluding carboxylic acids is 1. The van der Waals surface area contributed by atoms with Gasteiger partial charge in [0.25, 0.3) is 0 Å². The lowest BCUT2D eigenvalue weighted by molar-refractivity contribution is -0.138. The van der Waals surface area contributed by atoms with E-state index in [0.29, 0.717) is 0 Å². The molecular formula is C20H15F2NO4S. The number of aliphatic hydroxyl groups excluding tert-OH is 1. The fourth-order valence-electron chi connectivity index (χ4n) is 2.44. The summed E-state index contributed by atoms with van der Waals surface area (Å²) in [5, 5.41) is 20.5. The third-order valence-electron chi connectivity index (χ3n) is 3.71. The number of thioether (sulfide) groups is 1. The van der Waals surface area contributed by atoms with Gasteiger partial charge in [-0.3, -0.25) is 0 Å². The van der Waals surface area contributed by atoms with Crippen molar-refractivity contribution in [2.45, 2.75) is 6.92 Å². The van der Waals surface area contributed by atoms with Crippen LogP contribution in [0.1, 0.15) is 12.5 Å². The van der Waals surface area contributed by atoms with E-state index < -0.39 is 29.1 Å². The van der Waals surface area contributed by atoms with E-state index in [1.807, 2.05) is 0 Å². The number of aliphatic imine (C=N–C) groups is 1. The number of para-hydroxylation sites is 1. The van der Waals surface area contributed by atoms with Gasteiger partial charge in [-0.15, -0.1) is 0 Å². The maximum atomic E-state index is 13.6. The first-order valence-electron chi connectivity index (χ1n) is 8.23. The van der Waals surface area contributed by atoms with Crippen molar-refractivity contribution >= 4 is 34.5 Å². The molecule has 1 aliphatic rings. The molecule has 2 N–H and O–H groups in total. The molecular weight excluding hydrogens is 388 g/mol. The second-order valence-corrected chi connectivity index (χ2v) is 6.66. The first kappa shape index (κ1) is 19.6. The molecule has 0 aliphatic carbocycles. The van der Waals surface area contributed by atoms with E-state index in [9.17, 15) is 23.8 Å². The number of nitrogens with zero attached hydrogens (tertiary/aromatic N) is 1. The van der Waals surface area contributed by atoms with Gasteiger partial charge in [0.1, 0.15) is 22.2 Å². The number of aliphatic hydroxyl groups is 1. The summed E-state index contributed by atoms with van der Waals surface area (Å²) >= 11 is 0.921. The number of esters is 1. The number of hydrogen-bond acceptors (Lipinski definition) is 6. The summed E-state index contributed by atoms with van der Waals surface area (Å²) < 4.78 is 32.0. The topological polar surface area (TPSA) is 79.1 Å². The van der Waals surface area contributed by atoms with Crippen molar-refractivity contribution in [3.8, 4) is 5.75 Å². The molecule has 0 saturated carbocycles. The fourth-order valence-corrected chi connectivity index (χ4v) is 3.47. The molecule has 0 aromatic heterocycles. The summed E-state index contributed by atoms with van der Waals surface area (Å²) in [4.78, 5) is 16.7. The van der Waals surface area contributed by atoms with Crippen molar-refractivity contribution in [2.75, 3.05) is 6.61 Å². The molecule has 8 heteroatoms. The van der Waals surface area contributed by atoms with Crippen molar-refractivity contribution < 1.29 is 28.5 Å². The largest absolute Gasteiger partial charge is 0.506 e. The Labute approximate surface area is 163 Å². The lowest BCUT2D eigenvalue weighted by Crippen LogP contribution is -2.12. The second kappa shape index (κ2) is 8.26. The van der Waals surface area contributed by atoms with Gasteiger partial charge in [0.15, 0.2) is 11.6 Å². The van der Waals surface area contributed by atoms with E-state index in [0.717, 1.165) is 17.8 Å². The highest BCUT2D eigenvalue weighted by atomic mass is 32.2. The summed E-state index contributed by atoms with van der Waals surface area (Å²) in [6.45, 7) is 1.69. The van der Waals surface area contributed by atoms with Crippen LogP contribution in [-0.2, 0) is 9.53 Å². The SMILES string of the molecule is CCOC(=O)C1=C(O)/C(=C\c2cccc(F)c2O)SC1=Nc1cccc(F)c1. The fraction of sp³-hybridized carbons (Fsp3) is 0.100. The molecule has 0 atom stereocenters. The van der Waals surface area contributed by atoms with Gasteiger partial charge < -0.3 is 14.9 Å². The van der Waals surface area contributed by atoms with E-state index in [1.165, 1.54) is 42.5 Å². The third-order valence-corrected chi connectivity index (χ3v) is 4.73. The molecule has 1 aliphatic heterocycles. The Balaban J connectivity index is 2.08. The van der Waals surface area contributed by atoms with Crippen LogP contribution in [0.15, 0.2) is 63.7 Å². The summed E-state index contributed by atoms with van der Waals surface area (Å²) in [5.41, 5.74) is 0.175. The van der Waals surface area contributed by atoms with E-state index >= 15 is 0 Å². The number of carbonyl (C=O) groups is 1. The lowest BCUT2D eigenvalue weighted by atomic mass is 10.1. The van der Waals surface area contributed by atoms with Gasteiger partial charge in [0.2, 0.25) is 0 Å². The maximum Gasteiger partial charge on any atom is 0.344 e. The smallest absolute Gasteiger partial charge is 0.344 e. The summed E-state index contributed by atoms with van der Waals surface area (Å²) in [7, 11) is 0. The van der Waals surface area contributed by atoms with Gasteiger partial charge in [-0.25, -0.2) is 18.6 Å². The molecule has 3 rings (SSSR count). The molecule has 28 heavy (non-hydrogen) atoms. The van der Waals surface area contributed by atoms with Gasteiger partial charge in [-0.2, -0.15) is 0 Å². The van der Waals surface area contributed by atoms with Crippen LogP contribution in [-0.4, -0.2) is 27.8 Å². The molecule has 144 valence electrons. The Morgan fingerprint density at radius 2 is 1.96 bits per heavy atom. The van der Waals surface area contributed by atoms with Gasteiger partial charge in [0.05, 0.1) is 17.2 Å². The van der Waals surface area contributed by atoms with Crippen molar-refractivity contribution in [3.05, 3.63) is 75.9 Å². The quantitative estimate of drug-likeness (QED) is 0.713. The summed E-state index contributed by atoms with van der Waals surface area (Å²) in [6.07, 6.45) is 1.33. The zero-order valence-corrected chi connectivity index (χ0v) is 15.5. The molecule has 5 nitrogen and oxygen atoms in total. The first-order valence-corrected chi connectivity index (χ1v) is 9.04. The average molecular weight is 403 g/mol. The number of ether oxygens (including phenoxy) is 1. The Hall–Kier alpha value is -3.13. The molecule has 1 heterocycles. The molecule has 2 aromatic rings. The number of aromatic hydroxyl groups is 1. The van der Waals surface area contributed by atoms with Crippen molar-refractivity contribution in [1.29, 1.82) is 0 Å². The second-order valence-electron chi connectivity index (χ2n) is 5.63. The van der Waals surface area contributed by atoms with Gasteiger partial charge in [-0.05, 0) is 37.3 Å². The van der Waals surface area contributed by atoms with E-state index in [4.69, 9.17) is 4.74 Å². The highest BCUT2D eigenvalue weighted by Crippen LogP contribution is 2.41. The Bertz CT molecular complexity index is 1030. The molecule has 0 unspecified atom stereocenters. The molecule has 2 aromatic carbocycles. The van der Waals surface area contributed by atoms with Crippen LogP contribution in [0.5, 0.6) is 5.75 Å². The number of halogens is 2. The monoisotopic (exact) mass is 403 g/mol. The first-order chi connectivity index (χ1) is 13.4. The Kier molecular flexibility index (Phi) is 5.79. The Morgan fingerprint density at radius 3 is 2.68 bits per heavy atom. The number of benzene rings is 2. The molecule has 0 saturated heterocycles. The average Bonchev–Trinajstić information content (AvgIpc) is 2.94. The molecule has 0 bridgehead atoms. The van der Waals surface area contributed by atoms with Crippen molar-refractivity contribution in [1.82, 2.24) is 0 Å². The zero-order chi connectivity index (χ0) is 20.3. The van der Waals surface area contributed by atoms with E-state index in [-0.39, 0.29) is 33.4 Å². The third kappa shape index (κ3) is 4.07. The van der Waals surface area contributed by atoms with E-state index in [2.05, 4.69) is 4.99 Å². The summed E-state index contributed by atoms with van der Waals surface area (Å²) in [5.74, 6) is -3.12. The standard InChI is InChI=1S/C20H15F2NO4S/c1-2-27-20(26)16-18(25)15(9-11-5-3-8-14(22)17(11)24)28-19(16)23-13-7-4-6-12(21)10-13/h3-10,24-25H,2H2,1H3/b15-9+,23-19?. The number of rotatable bonds is 4. The minimum atomic E-state index is -0.819. The highest BCUT2D eigenvalue weighted by molar-refractivity contribution is 8.18. The van der Waals surface area contributed by atoms with Gasteiger partial charge >= 0.3 is 5.97 Å². The van der Waals surface area contributed by atoms with Crippen LogP contribution in [0.4, 0.5) is 14.5 Å². The molecule has 0 fully saturated rings. The normalized spacial score (nSPS) is 16.8. The number of phenolic OH excluding ortho intramolecular Hbond substituents is 1. The van der Waals surface area contributed by atoms with Gasteiger partial charge in [0, 0.05) is 5.56 Å². The van der Waals surface area contributed by atoms with Crippen LogP contribution in [0, 0.1) is 11.6 Å². The van der Waals surface area contributed by atoms with E-state index in [1.54, 1.807) is 6.92 Å². The van der Waals surface area contributed by atoms with Crippen LogP contribution >= 0.6 is 11.8 Å². The number of phenols is 1. The van der Waals surface area contributed by atoms with Crippen molar-refractivity contribution in [2.24, 2.45) is 4.99 Å². The molecule has 0 amide bonds. The minimum Gasteiger partial charge on any atom is -0.506 e. The minimum absolute atomic E-state index is 0.0806. The molecule has 0 radical (unpaired) electrons. The predicted molar refractivity (Wildman–Crippen MR) is 103 cm³/mol. The maximum absolute atomic E-state index is 13.6. The van der Waals surface area contributed by atoms with Crippen LogP contribution < -0.4 is 0 Å². The van der Waals surface area contributed by atoms with Crippen LogP contribution in [0.3, 0.4) is 0 Å². The lowest BCUT2D eigenvalue weighted by Gasteiger charge is -2.03. The van der Waals surface area contributed by atoms with Crippen LogP contribution in [0.2, 0.25) is 0 Å². The predicted octanol–water partition coefficient (Wildman–Crippen LogP) is 4.86. The van der Waals surface area contributed by atoms with Gasteiger partial charge in [-0.1, -0.05) is 30.0 Å². The summed E-state index contributed by atoms with van der Waals surface area (Å²) in [6, 6.07) is 9.37. The number of hydrogen-bond donors (Lipinski definition) is 2. The zero-order valence-electron chi connectivity index (χ0n) is 14.6. The molecule has 0 spiro atoms. The van der Waals surface area contributed by atoms with Crippen molar-refractivity contribution in [3.63, 3.8) is 0 Å². The van der Waals surface area contributed by atoms with Crippen LogP contribution in [0.25, 0.3) is 6.08 Å². The Morgan fingerprint density at radius 1 is 1.21 bits per heavy atom. The highest BCUT2D eigenvalue weighted by Gasteiger charge is 2.33.